The normalized spacial score (nSPS) is 28.2. The van der Waals surface area contributed by atoms with Crippen LogP contribution in [0.2, 0.25) is 0 Å². The van der Waals surface area contributed by atoms with Gasteiger partial charge < -0.3 is 10.1 Å². The lowest BCUT2D eigenvalue weighted by atomic mass is 9.85. The average Bonchev–Trinajstić information content (AvgIpc) is 2.81. The van der Waals surface area contributed by atoms with E-state index in [1.165, 1.54) is 32.1 Å². The summed E-state index contributed by atoms with van der Waals surface area (Å²) in [4.78, 5) is 0. The molecule has 1 saturated carbocycles. The minimum atomic E-state index is 0.701. The maximum atomic E-state index is 5.22. The van der Waals surface area contributed by atoms with Gasteiger partial charge in [0.2, 0.25) is 0 Å². The van der Waals surface area contributed by atoms with Gasteiger partial charge in [0.25, 0.3) is 0 Å². The van der Waals surface area contributed by atoms with Crippen molar-refractivity contribution >= 4 is 0 Å². The fraction of sp³-hybridized carbons (Fsp3) is 1.00. The van der Waals surface area contributed by atoms with Gasteiger partial charge in [-0.15, -0.1) is 0 Å². The van der Waals surface area contributed by atoms with Gasteiger partial charge in [-0.2, -0.15) is 0 Å². The van der Waals surface area contributed by atoms with Gasteiger partial charge in [0.15, 0.2) is 0 Å². The van der Waals surface area contributed by atoms with Crippen LogP contribution in [-0.4, -0.2) is 26.3 Å². The molecule has 0 aromatic heterocycles. The van der Waals surface area contributed by atoms with E-state index in [2.05, 4.69) is 26.1 Å². The van der Waals surface area contributed by atoms with Crippen LogP contribution in [0.15, 0.2) is 0 Å². The molecule has 0 spiro atoms. The van der Waals surface area contributed by atoms with E-state index in [-0.39, 0.29) is 0 Å². The van der Waals surface area contributed by atoms with Crippen molar-refractivity contribution in [2.75, 3.05) is 20.3 Å². The average molecular weight is 241 g/mol. The lowest BCUT2D eigenvalue weighted by Gasteiger charge is -2.30. The van der Waals surface area contributed by atoms with Crippen molar-refractivity contribution in [1.82, 2.24) is 5.32 Å². The van der Waals surface area contributed by atoms with Gasteiger partial charge in [-0.05, 0) is 43.6 Å². The first-order valence-electron chi connectivity index (χ1n) is 7.45. The van der Waals surface area contributed by atoms with Gasteiger partial charge in [0.05, 0.1) is 0 Å². The number of nitrogens with one attached hydrogen (secondary N) is 1. The molecule has 1 fully saturated rings. The molecule has 4 unspecified atom stereocenters. The van der Waals surface area contributed by atoms with E-state index in [0.29, 0.717) is 6.04 Å². The second-order valence-electron chi connectivity index (χ2n) is 5.69. The first-order valence-corrected chi connectivity index (χ1v) is 7.45. The van der Waals surface area contributed by atoms with E-state index in [9.17, 15) is 0 Å². The summed E-state index contributed by atoms with van der Waals surface area (Å²) in [7, 11) is 1.80. The molecule has 0 aromatic carbocycles. The van der Waals surface area contributed by atoms with E-state index in [4.69, 9.17) is 4.74 Å². The lowest BCUT2D eigenvalue weighted by Crippen LogP contribution is -2.41. The van der Waals surface area contributed by atoms with Crippen LogP contribution in [0.5, 0.6) is 0 Å². The molecule has 102 valence electrons. The van der Waals surface area contributed by atoms with Crippen molar-refractivity contribution in [2.45, 2.75) is 58.9 Å². The highest BCUT2D eigenvalue weighted by Gasteiger charge is 2.32. The summed E-state index contributed by atoms with van der Waals surface area (Å²) in [5.74, 6) is 2.61. The smallest absolute Gasteiger partial charge is 0.0465 e. The largest absolute Gasteiger partial charge is 0.385 e. The molecule has 0 radical (unpaired) electrons. The minimum absolute atomic E-state index is 0.701. The van der Waals surface area contributed by atoms with Crippen LogP contribution in [0.3, 0.4) is 0 Å². The SMILES string of the molecule is CCNC(C(C)CCOC)C1CCC(CC)C1. The Morgan fingerprint density at radius 3 is 2.59 bits per heavy atom. The molecule has 2 heteroatoms. The number of methoxy groups -OCH3 is 1. The van der Waals surface area contributed by atoms with Crippen molar-refractivity contribution in [2.24, 2.45) is 17.8 Å². The molecule has 1 N–H and O–H groups in total. The summed E-state index contributed by atoms with van der Waals surface area (Å²) >= 11 is 0. The molecule has 0 bridgehead atoms. The predicted octanol–water partition coefficient (Wildman–Crippen LogP) is 3.46. The van der Waals surface area contributed by atoms with Crippen molar-refractivity contribution in [3.05, 3.63) is 0 Å². The first kappa shape index (κ1) is 15.0. The first-order chi connectivity index (χ1) is 8.22. The molecule has 17 heavy (non-hydrogen) atoms. The molecule has 0 saturated heterocycles. The Balaban J connectivity index is 2.47. The Labute approximate surface area is 108 Å². The number of rotatable bonds is 8. The van der Waals surface area contributed by atoms with Gasteiger partial charge in [-0.3, -0.25) is 0 Å². The van der Waals surface area contributed by atoms with E-state index in [1.54, 1.807) is 7.11 Å². The molecular formula is C15H31NO. The molecular weight excluding hydrogens is 210 g/mol. The third-order valence-electron chi connectivity index (χ3n) is 4.50. The molecule has 1 aliphatic carbocycles. The van der Waals surface area contributed by atoms with Gasteiger partial charge in [-0.25, -0.2) is 0 Å². The third kappa shape index (κ3) is 4.59. The van der Waals surface area contributed by atoms with Gasteiger partial charge in [0.1, 0.15) is 0 Å². The molecule has 1 aliphatic rings. The van der Waals surface area contributed by atoms with Crippen molar-refractivity contribution in [3.63, 3.8) is 0 Å². The summed E-state index contributed by atoms with van der Waals surface area (Å²) in [5.41, 5.74) is 0. The van der Waals surface area contributed by atoms with E-state index in [0.717, 1.165) is 30.9 Å². The Morgan fingerprint density at radius 2 is 2.06 bits per heavy atom. The summed E-state index contributed by atoms with van der Waals surface area (Å²) in [5, 5.41) is 3.72. The van der Waals surface area contributed by atoms with E-state index in [1.807, 2.05) is 0 Å². The molecule has 0 aliphatic heterocycles. The quantitative estimate of drug-likeness (QED) is 0.702. The highest BCUT2D eigenvalue weighted by molar-refractivity contribution is 4.87. The van der Waals surface area contributed by atoms with Crippen LogP contribution in [0.4, 0.5) is 0 Å². The molecule has 2 nitrogen and oxygen atoms in total. The predicted molar refractivity (Wildman–Crippen MR) is 74.2 cm³/mol. The third-order valence-corrected chi connectivity index (χ3v) is 4.50. The summed E-state index contributed by atoms with van der Waals surface area (Å²) in [6, 6.07) is 0.701. The second kappa shape index (κ2) is 8.10. The van der Waals surface area contributed by atoms with E-state index < -0.39 is 0 Å². The number of hydrogen-bond donors (Lipinski definition) is 1. The monoisotopic (exact) mass is 241 g/mol. The Hall–Kier alpha value is -0.0800. The fourth-order valence-electron chi connectivity index (χ4n) is 3.36. The molecule has 4 atom stereocenters. The van der Waals surface area contributed by atoms with Gasteiger partial charge in [0, 0.05) is 19.8 Å². The molecule has 0 amide bonds. The topological polar surface area (TPSA) is 21.3 Å². The molecule has 0 aromatic rings. The minimum Gasteiger partial charge on any atom is -0.385 e. The van der Waals surface area contributed by atoms with Crippen molar-refractivity contribution in [1.29, 1.82) is 0 Å². The van der Waals surface area contributed by atoms with Crippen LogP contribution in [0.1, 0.15) is 52.9 Å². The second-order valence-corrected chi connectivity index (χ2v) is 5.69. The zero-order valence-corrected chi connectivity index (χ0v) is 12.2. The van der Waals surface area contributed by atoms with Gasteiger partial charge >= 0.3 is 0 Å². The van der Waals surface area contributed by atoms with Crippen molar-refractivity contribution < 1.29 is 4.74 Å². The molecule has 0 heterocycles. The highest BCUT2D eigenvalue weighted by Crippen LogP contribution is 2.37. The van der Waals surface area contributed by atoms with E-state index >= 15 is 0 Å². The molecule has 1 rings (SSSR count). The number of hydrogen-bond acceptors (Lipinski definition) is 2. The summed E-state index contributed by atoms with van der Waals surface area (Å²) < 4.78 is 5.22. The van der Waals surface area contributed by atoms with Crippen LogP contribution < -0.4 is 5.32 Å². The maximum absolute atomic E-state index is 5.22. The zero-order valence-electron chi connectivity index (χ0n) is 12.2. The lowest BCUT2D eigenvalue weighted by molar-refractivity contribution is 0.158. The summed E-state index contributed by atoms with van der Waals surface area (Å²) in [6.45, 7) is 8.93. The maximum Gasteiger partial charge on any atom is 0.0465 e. The Kier molecular flexibility index (Phi) is 7.14. The van der Waals surface area contributed by atoms with Crippen LogP contribution >= 0.6 is 0 Å². The highest BCUT2D eigenvalue weighted by atomic mass is 16.5. The zero-order chi connectivity index (χ0) is 12.7. The summed E-state index contributed by atoms with van der Waals surface area (Å²) in [6.07, 6.45) is 6.85. The Morgan fingerprint density at radius 1 is 1.29 bits per heavy atom. The van der Waals surface area contributed by atoms with Gasteiger partial charge in [-0.1, -0.05) is 33.6 Å². The van der Waals surface area contributed by atoms with Crippen LogP contribution in [-0.2, 0) is 4.74 Å². The Bertz CT molecular complexity index is 195. The van der Waals surface area contributed by atoms with Crippen LogP contribution in [0.25, 0.3) is 0 Å². The van der Waals surface area contributed by atoms with Crippen LogP contribution in [0, 0.1) is 17.8 Å². The standard InChI is InChI=1S/C15H31NO/c1-5-13-7-8-14(11-13)15(16-6-2)12(3)9-10-17-4/h12-16H,5-11H2,1-4H3. The number of ether oxygens (including phenoxy) is 1. The van der Waals surface area contributed by atoms with Crippen molar-refractivity contribution in [3.8, 4) is 0 Å². The fourth-order valence-corrected chi connectivity index (χ4v) is 3.36.